The van der Waals surface area contributed by atoms with Gasteiger partial charge in [-0.25, -0.2) is 16.8 Å². The summed E-state index contributed by atoms with van der Waals surface area (Å²) in [5, 5.41) is 5.02. The van der Waals surface area contributed by atoms with E-state index in [2.05, 4.69) is 10.6 Å². The maximum absolute atomic E-state index is 12.7. The number of hydrogen-bond donors (Lipinski definition) is 2. The topological polar surface area (TPSA) is 130 Å². The van der Waals surface area contributed by atoms with E-state index in [1.54, 1.807) is 6.92 Å². The molecule has 1 aliphatic rings. The van der Waals surface area contributed by atoms with Crippen molar-refractivity contribution < 1.29 is 26.4 Å². The zero-order valence-corrected chi connectivity index (χ0v) is 16.8. The van der Waals surface area contributed by atoms with Crippen LogP contribution in [0.15, 0.2) is 29.2 Å². The lowest BCUT2D eigenvalue weighted by Crippen LogP contribution is -2.44. The standard InChI is InChI=1S/C16H23N3O6S2/c1-3-19(10-15(20)18-13-8-9-26(22,23)11-13)27(24,25)14-6-4-12(5-7-14)16(21)17-2/h4-7,13H,3,8-11H2,1-2H3,(H,17,21)(H,18,20). The molecule has 1 aromatic rings. The van der Waals surface area contributed by atoms with Crippen LogP contribution in [-0.4, -0.2) is 70.6 Å². The van der Waals surface area contributed by atoms with E-state index in [0.29, 0.717) is 12.0 Å². The van der Waals surface area contributed by atoms with Crippen molar-refractivity contribution in [2.75, 3.05) is 31.6 Å². The molecule has 2 N–H and O–H groups in total. The largest absolute Gasteiger partial charge is 0.355 e. The van der Waals surface area contributed by atoms with Gasteiger partial charge in [0.1, 0.15) is 0 Å². The Balaban J connectivity index is 2.08. The molecule has 150 valence electrons. The van der Waals surface area contributed by atoms with Crippen LogP contribution < -0.4 is 10.6 Å². The third-order valence-corrected chi connectivity index (χ3v) is 7.95. The fourth-order valence-electron chi connectivity index (χ4n) is 2.78. The van der Waals surface area contributed by atoms with Gasteiger partial charge in [0.2, 0.25) is 15.9 Å². The number of rotatable bonds is 7. The minimum Gasteiger partial charge on any atom is -0.355 e. The van der Waals surface area contributed by atoms with E-state index in [4.69, 9.17) is 0 Å². The summed E-state index contributed by atoms with van der Waals surface area (Å²) in [6, 6.07) is 4.91. The van der Waals surface area contributed by atoms with E-state index in [1.807, 2.05) is 0 Å². The SMILES string of the molecule is CCN(CC(=O)NC1CCS(=O)(=O)C1)S(=O)(=O)c1ccc(C(=O)NC)cc1. The summed E-state index contributed by atoms with van der Waals surface area (Å²) in [4.78, 5) is 23.7. The summed E-state index contributed by atoms with van der Waals surface area (Å²) in [7, 11) is -5.60. The van der Waals surface area contributed by atoms with Gasteiger partial charge < -0.3 is 10.6 Å². The molecule has 11 heteroatoms. The van der Waals surface area contributed by atoms with Gasteiger partial charge in [0.05, 0.1) is 22.9 Å². The number of sulfone groups is 1. The monoisotopic (exact) mass is 417 g/mol. The average Bonchev–Trinajstić information content (AvgIpc) is 2.97. The molecule has 2 rings (SSSR count). The van der Waals surface area contributed by atoms with Crippen LogP contribution in [0.1, 0.15) is 23.7 Å². The zero-order valence-electron chi connectivity index (χ0n) is 15.1. The number of hydrogen-bond acceptors (Lipinski definition) is 6. The van der Waals surface area contributed by atoms with Gasteiger partial charge in [0.15, 0.2) is 9.84 Å². The van der Waals surface area contributed by atoms with Crippen LogP contribution >= 0.6 is 0 Å². The lowest BCUT2D eigenvalue weighted by Gasteiger charge is -2.21. The molecule has 9 nitrogen and oxygen atoms in total. The Bertz CT molecular complexity index is 910. The molecular weight excluding hydrogens is 394 g/mol. The van der Waals surface area contributed by atoms with E-state index in [1.165, 1.54) is 31.3 Å². The molecule has 27 heavy (non-hydrogen) atoms. The van der Waals surface area contributed by atoms with Crippen molar-refractivity contribution in [3.63, 3.8) is 0 Å². The molecule has 0 saturated carbocycles. The van der Waals surface area contributed by atoms with Gasteiger partial charge >= 0.3 is 0 Å². The summed E-state index contributed by atoms with van der Waals surface area (Å²) in [5.74, 6) is -0.994. The Morgan fingerprint density at radius 3 is 2.33 bits per heavy atom. The summed E-state index contributed by atoms with van der Waals surface area (Å²) < 4.78 is 49.4. The minimum absolute atomic E-state index is 0.0193. The number of benzene rings is 1. The van der Waals surface area contributed by atoms with E-state index >= 15 is 0 Å². The summed E-state index contributed by atoms with van der Waals surface area (Å²) in [6.07, 6.45) is 0.327. The highest BCUT2D eigenvalue weighted by Crippen LogP contribution is 2.17. The van der Waals surface area contributed by atoms with Crippen LogP contribution in [0.4, 0.5) is 0 Å². The Morgan fingerprint density at radius 1 is 1.22 bits per heavy atom. The van der Waals surface area contributed by atoms with Gasteiger partial charge in [-0.15, -0.1) is 0 Å². The van der Waals surface area contributed by atoms with Gasteiger partial charge in [0.25, 0.3) is 5.91 Å². The molecule has 1 heterocycles. The van der Waals surface area contributed by atoms with Crippen molar-refractivity contribution in [1.29, 1.82) is 0 Å². The minimum atomic E-state index is -3.93. The molecule has 1 aromatic carbocycles. The van der Waals surface area contributed by atoms with Crippen LogP contribution in [0.5, 0.6) is 0 Å². The predicted molar refractivity (Wildman–Crippen MR) is 99.5 cm³/mol. The third kappa shape index (κ3) is 5.27. The van der Waals surface area contributed by atoms with Crippen molar-refractivity contribution in [3.8, 4) is 0 Å². The summed E-state index contributed by atoms with van der Waals surface area (Å²) in [6.45, 7) is 1.26. The first-order chi connectivity index (χ1) is 12.6. The average molecular weight is 418 g/mol. The van der Waals surface area contributed by atoms with E-state index in [9.17, 15) is 26.4 Å². The van der Waals surface area contributed by atoms with Gasteiger partial charge in [-0.2, -0.15) is 4.31 Å². The maximum atomic E-state index is 12.7. The molecule has 0 aliphatic carbocycles. The number of nitrogens with one attached hydrogen (secondary N) is 2. The number of sulfonamides is 1. The first kappa shape index (κ1) is 21.3. The molecule has 0 spiro atoms. The molecule has 1 fully saturated rings. The molecule has 1 unspecified atom stereocenters. The Kier molecular flexibility index (Phi) is 6.60. The Hall–Kier alpha value is -1.98. The smallest absolute Gasteiger partial charge is 0.251 e. The fourth-order valence-corrected chi connectivity index (χ4v) is 5.86. The van der Waals surface area contributed by atoms with Crippen LogP contribution in [0.25, 0.3) is 0 Å². The van der Waals surface area contributed by atoms with Crippen molar-refractivity contribution >= 4 is 31.7 Å². The highest BCUT2D eigenvalue weighted by atomic mass is 32.2. The van der Waals surface area contributed by atoms with Crippen LogP contribution in [-0.2, 0) is 24.7 Å². The molecule has 2 amide bonds. The number of carbonyl (C=O) groups excluding carboxylic acids is 2. The van der Waals surface area contributed by atoms with Gasteiger partial charge in [-0.1, -0.05) is 6.92 Å². The second kappa shape index (κ2) is 8.36. The summed E-state index contributed by atoms with van der Waals surface area (Å²) in [5.41, 5.74) is 0.319. The molecular formula is C16H23N3O6S2. The maximum Gasteiger partial charge on any atom is 0.251 e. The van der Waals surface area contributed by atoms with Crippen LogP contribution in [0, 0.1) is 0 Å². The summed E-state index contributed by atoms with van der Waals surface area (Å²) >= 11 is 0. The van der Waals surface area contributed by atoms with Crippen molar-refractivity contribution in [2.24, 2.45) is 0 Å². The fraction of sp³-hybridized carbons (Fsp3) is 0.500. The number of amides is 2. The van der Waals surface area contributed by atoms with E-state index < -0.39 is 38.4 Å². The van der Waals surface area contributed by atoms with E-state index in [-0.39, 0.29) is 28.9 Å². The molecule has 1 aliphatic heterocycles. The van der Waals surface area contributed by atoms with Crippen LogP contribution in [0.2, 0.25) is 0 Å². The van der Waals surface area contributed by atoms with Crippen molar-refractivity contribution in [2.45, 2.75) is 24.3 Å². The Labute approximate surface area is 159 Å². The molecule has 0 bridgehead atoms. The van der Waals surface area contributed by atoms with E-state index in [0.717, 1.165) is 4.31 Å². The number of likely N-dealkylation sites (N-methyl/N-ethyl adjacent to an activating group) is 1. The highest BCUT2D eigenvalue weighted by Gasteiger charge is 2.31. The number of nitrogens with zero attached hydrogens (tertiary/aromatic N) is 1. The normalized spacial score (nSPS) is 19.0. The van der Waals surface area contributed by atoms with Gasteiger partial charge in [-0.3, -0.25) is 9.59 Å². The van der Waals surface area contributed by atoms with Crippen LogP contribution in [0.3, 0.4) is 0 Å². The second-order valence-corrected chi connectivity index (χ2v) is 10.4. The third-order valence-electron chi connectivity index (χ3n) is 4.25. The molecule has 1 atom stereocenters. The lowest BCUT2D eigenvalue weighted by molar-refractivity contribution is -0.121. The first-order valence-corrected chi connectivity index (χ1v) is 11.7. The molecule has 1 saturated heterocycles. The number of carbonyl (C=O) groups is 2. The zero-order chi connectivity index (χ0) is 20.2. The second-order valence-electron chi connectivity index (χ2n) is 6.20. The highest BCUT2D eigenvalue weighted by molar-refractivity contribution is 7.91. The molecule has 0 radical (unpaired) electrons. The van der Waals surface area contributed by atoms with Crippen molar-refractivity contribution in [3.05, 3.63) is 29.8 Å². The Morgan fingerprint density at radius 2 is 1.85 bits per heavy atom. The van der Waals surface area contributed by atoms with Gasteiger partial charge in [-0.05, 0) is 30.7 Å². The quantitative estimate of drug-likeness (QED) is 0.607. The molecule has 0 aromatic heterocycles. The van der Waals surface area contributed by atoms with Gasteiger partial charge in [0, 0.05) is 25.2 Å². The lowest BCUT2D eigenvalue weighted by atomic mass is 10.2. The first-order valence-electron chi connectivity index (χ1n) is 8.41. The predicted octanol–water partition coefficient (Wildman–Crippen LogP) is -0.640. The van der Waals surface area contributed by atoms with Crippen molar-refractivity contribution in [1.82, 2.24) is 14.9 Å².